The number of aromatic nitrogens is 3. The molecule has 3 aromatic rings. The first kappa shape index (κ1) is 17.1. The van der Waals surface area contributed by atoms with Crippen molar-refractivity contribution >= 4 is 11.2 Å². The van der Waals surface area contributed by atoms with Crippen molar-refractivity contribution in [2.75, 3.05) is 20.1 Å². The first-order chi connectivity index (χ1) is 12.6. The summed E-state index contributed by atoms with van der Waals surface area (Å²) < 4.78 is 15.2. The van der Waals surface area contributed by atoms with Crippen LogP contribution in [0, 0.1) is 11.7 Å². The smallest absolute Gasteiger partial charge is 0.178 e. The van der Waals surface area contributed by atoms with Gasteiger partial charge < -0.3 is 14.6 Å². The number of halogens is 1. The van der Waals surface area contributed by atoms with E-state index in [-0.39, 0.29) is 11.7 Å². The van der Waals surface area contributed by atoms with E-state index in [9.17, 15) is 9.50 Å². The van der Waals surface area contributed by atoms with Crippen LogP contribution in [-0.4, -0.2) is 44.7 Å². The van der Waals surface area contributed by atoms with Gasteiger partial charge in [-0.25, -0.2) is 14.4 Å². The van der Waals surface area contributed by atoms with Crippen LogP contribution in [0.25, 0.3) is 11.2 Å². The topological polar surface area (TPSA) is 54.2 Å². The third-order valence-electron chi connectivity index (χ3n) is 5.28. The van der Waals surface area contributed by atoms with Crippen LogP contribution >= 0.6 is 0 Å². The van der Waals surface area contributed by atoms with Gasteiger partial charge in [0, 0.05) is 12.7 Å². The van der Waals surface area contributed by atoms with E-state index in [1.807, 2.05) is 16.7 Å². The molecule has 5 nitrogen and oxygen atoms in total. The van der Waals surface area contributed by atoms with Gasteiger partial charge in [-0.15, -0.1) is 0 Å². The van der Waals surface area contributed by atoms with Gasteiger partial charge in [0.25, 0.3) is 0 Å². The van der Waals surface area contributed by atoms with Crippen molar-refractivity contribution in [2.45, 2.75) is 25.5 Å². The number of hydrogen-bond donors (Lipinski definition) is 1. The van der Waals surface area contributed by atoms with E-state index in [1.54, 1.807) is 18.3 Å². The molecule has 0 aliphatic carbocycles. The lowest BCUT2D eigenvalue weighted by Gasteiger charge is -2.31. The third kappa shape index (κ3) is 3.34. The lowest BCUT2D eigenvalue weighted by atomic mass is 9.91. The van der Waals surface area contributed by atoms with Gasteiger partial charge in [-0.3, -0.25) is 0 Å². The van der Waals surface area contributed by atoms with Crippen LogP contribution in [0.15, 0.2) is 42.6 Å². The molecule has 1 aromatic carbocycles. The minimum absolute atomic E-state index is 0.190. The van der Waals surface area contributed by atoms with E-state index in [1.165, 1.54) is 12.1 Å². The van der Waals surface area contributed by atoms with Crippen LogP contribution in [0.5, 0.6) is 0 Å². The molecule has 0 saturated carbocycles. The van der Waals surface area contributed by atoms with Crippen molar-refractivity contribution in [1.29, 1.82) is 0 Å². The summed E-state index contributed by atoms with van der Waals surface area (Å²) in [5.41, 5.74) is 2.49. The standard InChI is InChI=1S/C20H23FN4O/c1-24-11-8-15(9-12-24)18(26)20-23-19-17(3-2-10-22-19)25(20)13-14-4-6-16(21)7-5-14/h2-7,10,15,18,26H,8-9,11-13H2,1H3. The molecule has 6 heteroatoms. The summed E-state index contributed by atoms with van der Waals surface area (Å²) in [4.78, 5) is 11.3. The largest absolute Gasteiger partial charge is 0.385 e. The summed E-state index contributed by atoms with van der Waals surface area (Å²) in [7, 11) is 2.11. The number of rotatable bonds is 4. The molecule has 0 amide bonds. The number of aliphatic hydroxyl groups is 1. The number of pyridine rings is 1. The molecule has 1 aliphatic heterocycles. The first-order valence-electron chi connectivity index (χ1n) is 9.04. The zero-order valence-electron chi connectivity index (χ0n) is 14.8. The van der Waals surface area contributed by atoms with Crippen LogP contribution in [0.3, 0.4) is 0 Å². The molecule has 1 atom stereocenters. The zero-order chi connectivity index (χ0) is 18.1. The van der Waals surface area contributed by atoms with Crippen molar-refractivity contribution in [1.82, 2.24) is 19.4 Å². The number of benzene rings is 1. The molecular weight excluding hydrogens is 331 g/mol. The average molecular weight is 354 g/mol. The SMILES string of the molecule is CN1CCC(C(O)c2nc3ncccc3n2Cc2ccc(F)cc2)CC1. The predicted octanol–water partition coefficient (Wildman–Crippen LogP) is 2.99. The fourth-order valence-corrected chi connectivity index (χ4v) is 3.70. The second-order valence-electron chi connectivity index (χ2n) is 7.11. The molecule has 136 valence electrons. The number of likely N-dealkylation sites (tertiary alicyclic amines) is 1. The molecular formula is C20H23FN4O. The minimum Gasteiger partial charge on any atom is -0.385 e. The number of piperidine rings is 1. The van der Waals surface area contributed by atoms with Crippen LogP contribution in [0.4, 0.5) is 4.39 Å². The Kier molecular flexibility index (Phi) is 4.70. The Balaban J connectivity index is 1.70. The van der Waals surface area contributed by atoms with Crippen molar-refractivity contribution in [2.24, 2.45) is 5.92 Å². The Labute approximate surface area is 152 Å². The van der Waals surface area contributed by atoms with E-state index in [2.05, 4.69) is 21.9 Å². The van der Waals surface area contributed by atoms with Gasteiger partial charge in [0.1, 0.15) is 17.7 Å². The molecule has 1 aliphatic rings. The summed E-state index contributed by atoms with van der Waals surface area (Å²) in [6.07, 6.45) is 2.98. The van der Waals surface area contributed by atoms with Gasteiger partial charge in [-0.2, -0.15) is 0 Å². The summed E-state index contributed by atoms with van der Waals surface area (Å²) in [6, 6.07) is 10.3. The fourth-order valence-electron chi connectivity index (χ4n) is 3.70. The maximum absolute atomic E-state index is 13.2. The Hall–Kier alpha value is -2.31. The van der Waals surface area contributed by atoms with Crippen LogP contribution in [-0.2, 0) is 6.54 Å². The molecule has 1 saturated heterocycles. The van der Waals surface area contributed by atoms with E-state index in [0.717, 1.165) is 37.0 Å². The number of imidazole rings is 1. The van der Waals surface area contributed by atoms with Crippen molar-refractivity contribution < 1.29 is 9.50 Å². The molecule has 26 heavy (non-hydrogen) atoms. The normalized spacial score (nSPS) is 17.7. The molecule has 1 N–H and O–H groups in total. The number of hydrogen-bond acceptors (Lipinski definition) is 4. The maximum atomic E-state index is 13.2. The molecule has 3 heterocycles. The zero-order valence-corrected chi connectivity index (χ0v) is 14.8. The summed E-state index contributed by atoms with van der Waals surface area (Å²) in [5.74, 6) is 0.588. The third-order valence-corrected chi connectivity index (χ3v) is 5.28. The number of nitrogens with zero attached hydrogens (tertiary/aromatic N) is 4. The summed E-state index contributed by atoms with van der Waals surface area (Å²) in [6.45, 7) is 2.50. The average Bonchev–Trinajstić information content (AvgIpc) is 3.02. The second-order valence-corrected chi connectivity index (χ2v) is 7.11. The van der Waals surface area contributed by atoms with E-state index in [0.29, 0.717) is 18.0 Å². The minimum atomic E-state index is -0.627. The highest BCUT2D eigenvalue weighted by molar-refractivity contribution is 5.71. The Morgan fingerprint density at radius 1 is 1.19 bits per heavy atom. The van der Waals surface area contributed by atoms with Crippen molar-refractivity contribution in [3.63, 3.8) is 0 Å². The first-order valence-corrected chi connectivity index (χ1v) is 9.04. The maximum Gasteiger partial charge on any atom is 0.178 e. The summed E-state index contributed by atoms with van der Waals surface area (Å²) in [5, 5.41) is 11.0. The molecule has 4 rings (SSSR count). The highest BCUT2D eigenvalue weighted by atomic mass is 19.1. The van der Waals surface area contributed by atoms with E-state index in [4.69, 9.17) is 0 Å². The van der Waals surface area contributed by atoms with Crippen LogP contribution in [0.1, 0.15) is 30.3 Å². The van der Waals surface area contributed by atoms with Gasteiger partial charge >= 0.3 is 0 Å². The highest BCUT2D eigenvalue weighted by Crippen LogP contribution is 2.32. The van der Waals surface area contributed by atoms with E-state index >= 15 is 0 Å². The Bertz CT molecular complexity index is 884. The van der Waals surface area contributed by atoms with Gasteiger partial charge in [-0.1, -0.05) is 12.1 Å². The molecule has 1 unspecified atom stereocenters. The van der Waals surface area contributed by atoms with Gasteiger partial charge in [0.05, 0.1) is 5.52 Å². The Morgan fingerprint density at radius 3 is 2.65 bits per heavy atom. The molecule has 0 bridgehead atoms. The van der Waals surface area contributed by atoms with Crippen LogP contribution in [0.2, 0.25) is 0 Å². The molecule has 0 spiro atoms. The van der Waals surface area contributed by atoms with Gasteiger partial charge in [0.2, 0.25) is 0 Å². The lowest BCUT2D eigenvalue weighted by molar-refractivity contribution is 0.0573. The van der Waals surface area contributed by atoms with Gasteiger partial charge in [-0.05, 0) is 68.7 Å². The Morgan fingerprint density at radius 2 is 1.92 bits per heavy atom. The van der Waals surface area contributed by atoms with Crippen LogP contribution < -0.4 is 0 Å². The predicted molar refractivity (Wildman–Crippen MR) is 98.2 cm³/mol. The fraction of sp³-hybridized carbons (Fsp3) is 0.400. The van der Waals surface area contributed by atoms with Crippen molar-refractivity contribution in [3.8, 4) is 0 Å². The number of fused-ring (bicyclic) bond motifs is 1. The highest BCUT2D eigenvalue weighted by Gasteiger charge is 2.29. The second kappa shape index (κ2) is 7.13. The molecule has 0 radical (unpaired) electrons. The monoisotopic (exact) mass is 354 g/mol. The molecule has 1 fully saturated rings. The lowest BCUT2D eigenvalue weighted by Crippen LogP contribution is -2.33. The molecule has 2 aromatic heterocycles. The van der Waals surface area contributed by atoms with Crippen molar-refractivity contribution in [3.05, 3.63) is 59.8 Å². The quantitative estimate of drug-likeness (QED) is 0.783. The van der Waals surface area contributed by atoms with Gasteiger partial charge in [0.15, 0.2) is 5.65 Å². The number of aliphatic hydroxyl groups excluding tert-OH is 1. The summed E-state index contributed by atoms with van der Waals surface area (Å²) >= 11 is 0. The van der Waals surface area contributed by atoms with E-state index < -0.39 is 6.10 Å².